The van der Waals surface area contributed by atoms with Gasteiger partial charge in [0.15, 0.2) is 0 Å². The highest BCUT2D eigenvalue weighted by Gasteiger charge is 2.12. The molecular weight excluding hydrogens is 253 g/mol. The predicted octanol–water partition coefficient (Wildman–Crippen LogP) is 3.35. The molecule has 0 bridgehead atoms. The third-order valence-corrected chi connectivity index (χ3v) is 2.26. The molecule has 2 rings (SSSR count). The molecule has 0 saturated heterocycles. The molecule has 0 unspecified atom stereocenters. The van der Waals surface area contributed by atoms with E-state index in [-0.39, 0.29) is 11.7 Å². The van der Waals surface area contributed by atoms with Crippen molar-refractivity contribution in [3.05, 3.63) is 40.2 Å². The Kier molecular flexibility index (Phi) is 2.85. The van der Waals surface area contributed by atoms with Gasteiger partial charge in [0.25, 0.3) is 0 Å². The molecule has 1 aromatic heterocycles. The van der Waals surface area contributed by atoms with Crippen LogP contribution in [0, 0.1) is 0 Å². The molecular formula is C10H5Cl2NO3. The average molecular weight is 258 g/mol. The van der Waals surface area contributed by atoms with Crippen LogP contribution in [0.4, 0.5) is 0 Å². The smallest absolute Gasteiger partial charge is 0.373 e. The maximum atomic E-state index is 10.6. The van der Waals surface area contributed by atoms with Crippen LogP contribution < -0.4 is 0 Å². The summed E-state index contributed by atoms with van der Waals surface area (Å²) in [5.41, 5.74) is 0.532. The van der Waals surface area contributed by atoms with Crippen LogP contribution in [-0.4, -0.2) is 16.1 Å². The number of rotatable bonds is 2. The van der Waals surface area contributed by atoms with E-state index in [0.29, 0.717) is 15.6 Å². The standard InChI is InChI=1S/C10H5Cl2NO3/c11-6-1-5(2-7(12)3-6)9-13-4-8(16-9)10(14)15/h1-4H,(H,14,15). The second kappa shape index (κ2) is 4.15. The lowest BCUT2D eigenvalue weighted by atomic mass is 10.2. The van der Waals surface area contributed by atoms with Gasteiger partial charge in [-0.3, -0.25) is 0 Å². The maximum Gasteiger partial charge on any atom is 0.373 e. The Morgan fingerprint density at radius 2 is 1.88 bits per heavy atom. The molecule has 0 fully saturated rings. The van der Waals surface area contributed by atoms with Crippen molar-refractivity contribution in [2.45, 2.75) is 0 Å². The first-order valence-electron chi connectivity index (χ1n) is 4.22. The summed E-state index contributed by atoms with van der Waals surface area (Å²) in [6.45, 7) is 0. The van der Waals surface area contributed by atoms with Crippen molar-refractivity contribution in [3.63, 3.8) is 0 Å². The summed E-state index contributed by atoms with van der Waals surface area (Å²) in [5.74, 6) is -1.24. The minimum absolute atomic E-state index is 0.168. The molecule has 0 radical (unpaired) electrons. The summed E-state index contributed by atoms with van der Waals surface area (Å²) in [6.07, 6.45) is 1.13. The molecule has 16 heavy (non-hydrogen) atoms. The van der Waals surface area contributed by atoms with Crippen molar-refractivity contribution in [2.24, 2.45) is 0 Å². The van der Waals surface area contributed by atoms with Crippen molar-refractivity contribution in [3.8, 4) is 11.5 Å². The largest absolute Gasteiger partial charge is 0.475 e. The Morgan fingerprint density at radius 3 is 2.38 bits per heavy atom. The number of hydrogen-bond donors (Lipinski definition) is 1. The lowest BCUT2D eigenvalue weighted by molar-refractivity contribution is 0.0663. The predicted molar refractivity (Wildman–Crippen MR) is 58.9 cm³/mol. The van der Waals surface area contributed by atoms with Crippen LogP contribution in [0.5, 0.6) is 0 Å². The Bertz CT molecular complexity index is 530. The van der Waals surface area contributed by atoms with E-state index in [9.17, 15) is 4.79 Å². The normalized spacial score (nSPS) is 10.4. The Hall–Kier alpha value is -1.52. The van der Waals surface area contributed by atoms with Crippen LogP contribution in [0.2, 0.25) is 10.0 Å². The van der Waals surface area contributed by atoms with Gasteiger partial charge in [-0.2, -0.15) is 0 Å². The number of aromatic carboxylic acids is 1. The molecule has 82 valence electrons. The fourth-order valence-corrected chi connectivity index (χ4v) is 1.71. The van der Waals surface area contributed by atoms with E-state index in [1.165, 1.54) is 0 Å². The van der Waals surface area contributed by atoms with Crippen LogP contribution in [0.25, 0.3) is 11.5 Å². The molecule has 1 heterocycles. The van der Waals surface area contributed by atoms with Gasteiger partial charge in [0.2, 0.25) is 11.7 Å². The first kappa shape index (κ1) is 11.0. The van der Waals surface area contributed by atoms with Gasteiger partial charge in [0.1, 0.15) is 0 Å². The number of oxazole rings is 1. The van der Waals surface area contributed by atoms with Crippen LogP contribution >= 0.6 is 23.2 Å². The van der Waals surface area contributed by atoms with Gasteiger partial charge in [0.05, 0.1) is 6.20 Å². The fourth-order valence-electron chi connectivity index (χ4n) is 1.18. The number of halogens is 2. The van der Waals surface area contributed by atoms with Crippen molar-refractivity contribution >= 4 is 29.2 Å². The molecule has 0 saturated carbocycles. The highest BCUT2D eigenvalue weighted by Crippen LogP contribution is 2.26. The molecule has 0 amide bonds. The van der Waals surface area contributed by atoms with Crippen LogP contribution in [0.3, 0.4) is 0 Å². The van der Waals surface area contributed by atoms with E-state index in [2.05, 4.69) is 4.98 Å². The molecule has 1 aromatic carbocycles. The zero-order valence-corrected chi connectivity index (χ0v) is 9.29. The average Bonchev–Trinajstić information content (AvgIpc) is 2.64. The van der Waals surface area contributed by atoms with Gasteiger partial charge in [-0.05, 0) is 18.2 Å². The summed E-state index contributed by atoms with van der Waals surface area (Å²) in [6, 6.07) is 4.74. The first-order chi connectivity index (χ1) is 7.56. The van der Waals surface area contributed by atoms with Gasteiger partial charge in [-0.25, -0.2) is 9.78 Å². The van der Waals surface area contributed by atoms with Gasteiger partial charge in [0, 0.05) is 15.6 Å². The molecule has 1 N–H and O–H groups in total. The Balaban J connectivity index is 2.46. The van der Waals surface area contributed by atoms with Crippen LogP contribution in [0.1, 0.15) is 10.6 Å². The first-order valence-corrected chi connectivity index (χ1v) is 4.97. The zero-order valence-electron chi connectivity index (χ0n) is 7.78. The Morgan fingerprint density at radius 1 is 1.25 bits per heavy atom. The fraction of sp³-hybridized carbons (Fsp3) is 0. The molecule has 2 aromatic rings. The zero-order chi connectivity index (χ0) is 11.7. The van der Waals surface area contributed by atoms with Gasteiger partial charge >= 0.3 is 5.97 Å². The molecule has 6 heteroatoms. The number of nitrogens with zero attached hydrogens (tertiary/aromatic N) is 1. The SMILES string of the molecule is O=C(O)c1cnc(-c2cc(Cl)cc(Cl)c2)o1. The quantitative estimate of drug-likeness (QED) is 0.897. The van der Waals surface area contributed by atoms with Crippen molar-refractivity contribution in [2.75, 3.05) is 0 Å². The van der Waals surface area contributed by atoms with Gasteiger partial charge in [-0.1, -0.05) is 23.2 Å². The maximum absolute atomic E-state index is 10.6. The minimum atomic E-state index is -1.17. The number of benzene rings is 1. The second-order valence-electron chi connectivity index (χ2n) is 2.99. The summed E-state index contributed by atoms with van der Waals surface area (Å²) in [4.78, 5) is 14.4. The lowest BCUT2D eigenvalue weighted by Crippen LogP contribution is -1.91. The van der Waals surface area contributed by atoms with E-state index in [0.717, 1.165) is 6.20 Å². The molecule has 0 atom stereocenters. The highest BCUT2D eigenvalue weighted by molar-refractivity contribution is 6.35. The van der Waals surface area contributed by atoms with Gasteiger partial charge < -0.3 is 9.52 Å². The molecule has 0 aliphatic heterocycles. The second-order valence-corrected chi connectivity index (χ2v) is 3.87. The molecule has 4 nitrogen and oxygen atoms in total. The summed E-state index contributed by atoms with van der Waals surface area (Å²) < 4.78 is 5.01. The van der Waals surface area contributed by atoms with Crippen molar-refractivity contribution in [1.29, 1.82) is 0 Å². The van der Waals surface area contributed by atoms with Crippen LogP contribution in [0.15, 0.2) is 28.8 Å². The molecule has 0 aliphatic rings. The summed E-state index contributed by atoms with van der Waals surface area (Å²) in [7, 11) is 0. The third-order valence-electron chi connectivity index (χ3n) is 1.83. The number of carboxylic acids is 1. The third kappa shape index (κ3) is 2.18. The molecule has 0 aliphatic carbocycles. The van der Waals surface area contributed by atoms with E-state index in [1.807, 2.05) is 0 Å². The van der Waals surface area contributed by atoms with Crippen LogP contribution in [-0.2, 0) is 0 Å². The molecule has 0 spiro atoms. The topological polar surface area (TPSA) is 63.3 Å². The van der Waals surface area contributed by atoms with E-state index in [1.54, 1.807) is 18.2 Å². The Labute approximate surface area is 100 Å². The minimum Gasteiger partial charge on any atom is -0.475 e. The van der Waals surface area contributed by atoms with Gasteiger partial charge in [-0.15, -0.1) is 0 Å². The number of carboxylic acid groups (broad SMARTS) is 1. The van der Waals surface area contributed by atoms with Crippen molar-refractivity contribution in [1.82, 2.24) is 4.98 Å². The van der Waals surface area contributed by atoms with E-state index < -0.39 is 5.97 Å². The number of carbonyl (C=O) groups is 1. The number of aromatic nitrogens is 1. The number of hydrogen-bond acceptors (Lipinski definition) is 3. The lowest BCUT2D eigenvalue weighted by Gasteiger charge is -1.97. The monoisotopic (exact) mass is 257 g/mol. The summed E-state index contributed by atoms with van der Waals surface area (Å²) in [5, 5.41) is 9.52. The van der Waals surface area contributed by atoms with E-state index in [4.69, 9.17) is 32.7 Å². The highest BCUT2D eigenvalue weighted by atomic mass is 35.5. The van der Waals surface area contributed by atoms with E-state index >= 15 is 0 Å². The summed E-state index contributed by atoms with van der Waals surface area (Å²) >= 11 is 11.6. The van der Waals surface area contributed by atoms with Crippen molar-refractivity contribution < 1.29 is 14.3 Å².